The number of hydrogen-bond acceptors (Lipinski definition) is 6. The summed E-state index contributed by atoms with van der Waals surface area (Å²) in [6.45, 7) is 4.74. The summed E-state index contributed by atoms with van der Waals surface area (Å²) in [6.07, 6.45) is 3.32. The van der Waals surface area contributed by atoms with Crippen molar-refractivity contribution in [2.24, 2.45) is 7.05 Å². The van der Waals surface area contributed by atoms with Crippen LogP contribution in [-0.2, 0) is 16.6 Å². The molecule has 1 N–H and O–H groups in total. The first kappa shape index (κ1) is 16.0. The Morgan fingerprint density at radius 1 is 1.63 bits per heavy atom. The molecule has 0 fully saturated rings. The molecule has 1 heterocycles. The maximum Gasteiger partial charge on any atom is 0.325 e. The molecule has 108 valence electrons. The molecule has 0 aliphatic heterocycles. The van der Waals surface area contributed by atoms with E-state index in [-0.39, 0.29) is 5.97 Å². The average Bonchev–Trinajstić information content (AvgIpc) is 2.81. The van der Waals surface area contributed by atoms with Gasteiger partial charge >= 0.3 is 5.97 Å². The molecule has 1 aromatic rings. The fourth-order valence-corrected chi connectivity index (χ4v) is 2.69. The molecular weight excluding hydrogens is 264 g/mol. The summed E-state index contributed by atoms with van der Waals surface area (Å²) in [4.78, 5) is 11.9. The Kier molecular flexibility index (Phi) is 6.30. The number of ether oxygens (including phenoxy) is 1. The number of aromatic nitrogens is 3. The number of carbonyl (C=O) groups is 1. The standard InChI is InChI=1S/C12H22N4O2S/c1-5-7-13-12(2,10(17)18-4)6-8-19-11-15-14-9-16(11)3/h9,13H,5-8H2,1-4H3. The Hall–Kier alpha value is -1.08. The molecule has 0 amide bonds. The molecule has 0 aliphatic rings. The van der Waals surface area contributed by atoms with Crippen molar-refractivity contribution in [1.29, 1.82) is 0 Å². The Morgan fingerprint density at radius 3 is 2.89 bits per heavy atom. The molecule has 6 nitrogen and oxygen atoms in total. The van der Waals surface area contributed by atoms with Gasteiger partial charge in [0.1, 0.15) is 11.9 Å². The summed E-state index contributed by atoms with van der Waals surface area (Å²) in [5, 5.41) is 11.9. The minimum Gasteiger partial charge on any atom is -0.468 e. The van der Waals surface area contributed by atoms with Crippen molar-refractivity contribution in [2.75, 3.05) is 19.4 Å². The predicted octanol–water partition coefficient (Wildman–Crippen LogP) is 1.23. The van der Waals surface area contributed by atoms with Gasteiger partial charge in [0.05, 0.1) is 7.11 Å². The van der Waals surface area contributed by atoms with Crippen molar-refractivity contribution in [3.8, 4) is 0 Å². The summed E-state index contributed by atoms with van der Waals surface area (Å²) in [5.74, 6) is 0.550. The van der Waals surface area contributed by atoms with E-state index in [0.29, 0.717) is 6.42 Å². The monoisotopic (exact) mass is 286 g/mol. The van der Waals surface area contributed by atoms with Crippen LogP contribution in [0.15, 0.2) is 11.5 Å². The van der Waals surface area contributed by atoms with E-state index in [1.165, 1.54) is 7.11 Å². The van der Waals surface area contributed by atoms with Gasteiger partial charge in [-0.3, -0.25) is 4.79 Å². The second-order valence-electron chi connectivity index (χ2n) is 4.57. The molecule has 0 bridgehead atoms. The molecule has 1 rings (SSSR count). The molecule has 7 heteroatoms. The number of nitrogens with zero attached hydrogens (tertiary/aromatic N) is 3. The summed E-state index contributed by atoms with van der Waals surface area (Å²) < 4.78 is 6.74. The Labute approximate surface area is 118 Å². The van der Waals surface area contributed by atoms with Crippen LogP contribution >= 0.6 is 11.8 Å². The topological polar surface area (TPSA) is 69.0 Å². The highest BCUT2D eigenvalue weighted by Crippen LogP contribution is 2.20. The predicted molar refractivity (Wildman–Crippen MR) is 75.1 cm³/mol. The minimum atomic E-state index is -0.643. The highest BCUT2D eigenvalue weighted by Gasteiger charge is 2.33. The van der Waals surface area contributed by atoms with E-state index in [1.54, 1.807) is 18.1 Å². The lowest BCUT2D eigenvalue weighted by Gasteiger charge is -2.27. The summed E-state index contributed by atoms with van der Waals surface area (Å²) in [6, 6.07) is 0. The van der Waals surface area contributed by atoms with Gasteiger partial charge in [0, 0.05) is 12.8 Å². The third kappa shape index (κ3) is 4.50. The van der Waals surface area contributed by atoms with Crippen LogP contribution in [0.25, 0.3) is 0 Å². The van der Waals surface area contributed by atoms with Gasteiger partial charge in [-0.05, 0) is 26.3 Å². The first-order valence-electron chi connectivity index (χ1n) is 6.33. The normalized spacial score (nSPS) is 14.1. The molecule has 19 heavy (non-hydrogen) atoms. The van der Waals surface area contributed by atoms with Crippen LogP contribution in [0.2, 0.25) is 0 Å². The van der Waals surface area contributed by atoms with Crippen LogP contribution < -0.4 is 5.32 Å². The van der Waals surface area contributed by atoms with Gasteiger partial charge in [0.15, 0.2) is 5.16 Å². The molecule has 0 aromatic carbocycles. The average molecular weight is 286 g/mol. The van der Waals surface area contributed by atoms with Gasteiger partial charge in [-0.1, -0.05) is 18.7 Å². The molecule has 0 spiro atoms. The van der Waals surface area contributed by atoms with Crippen LogP contribution in [0.5, 0.6) is 0 Å². The first-order valence-corrected chi connectivity index (χ1v) is 7.32. The van der Waals surface area contributed by atoms with Gasteiger partial charge in [0.2, 0.25) is 0 Å². The molecule has 1 aromatic heterocycles. The third-order valence-corrected chi connectivity index (χ3v) is 3.94. The van der Waals surface area contributed by atoms with Crippen molar-refractivity contribution in [3.05, 3.63) is 6.33 Å². The van der Waals surface area contributed by atoms with Crippen molar-refractivity contribution in [1.82, 2.24) is 20.1 Å². The lowest BCUT2D eigenvalue weighted by Crippen LogP contribution is -2.50. The van der Waals surface area contributed by atoms with Crippen molar-refractivity contribution in [2.45, 2.75) is 37.4 Å². The SMILES string of the molecule is CCCNC(C)(CCSc1nncn1C)C(=O)OC. The third-order valence-electron chi connectivity index (χ3n) is 2.90. The van der Waals surface area contributed by atoms with Gasteiger partial charge in [-0.25, -0.2) is 0 Å². The van der Waals surface area contributed by atoms with Gasteiger partial charge < -0.3 is 14.6 Å². The van der Waals surface area contributed by atoms with E-state index in [0.717, 1.165) is 23.9 Å². The maximum atomic E-state index is 11.9. The largest absolute Gasteiger partial charge is 0.468 e. The number of hydrogen-bond donors (Lipinski definition) is 1. The summed E-state index contributed by atoms with van der Waals surface area (Å²) in [5.41, 5.74) is -0.643. The van der Waals surface area contributed by atoms with Crippen LogP contribution in [0, 0.1) is 0 Å². The van der Waals surface area contributed by atoms with E-state index in [1.807, 2.05) is 18.5 Å². The molecule has 1 atom stereocenters. The summed E-state index contributed by atoms with van der Waals surface area (Å²) in [7, 11) is 3.32. The zero-order chi connectivity index (χ0) is 14.3. The number of rotatable bonds is 8. The van der Waals surface area contributed by atoms with E-state index in [9.17, 15) is 4.79 Å². The second kappa shape index (κ2) is 7.49. The number of aryl methyl sites for hydroxylation is 1. The van der Waals surface area contributed by atoms with Crippen molar-refractivity contribution in [3.63, 3.8) is 0 Å². The molecule has 0 radical (unpaired) electrons. The number of thioether (sulfide) groups is 1. The fourth-order valence-electron chi connectivity index (χ4n) is 1.64. The quantitative estimate of drug-likeness (QED) is 0.572. The van der Waals surface area contributed by atoms with Gasteiger partial charge in [0.25, 0.3) is 0 Å². The van der Waals surface area contributed by atoms with E-state index < -0.39 is 5.54 Å². The summed E-state index contributed by atoms with van der Waals surface area (Å²) >= 11 is 1.58. The lowest BCUT2D eigenvalue weighted by atomic mass is 9.99. The van der Waals surface area contributed by atoms with Crippen molar-refractivity contribution >= 4 is 17.7 Å². The molecule has 1 unspecified atom stereocenters. The number of nitrogens with one attached hydrogen (secondary N) is 1. The molecule has 0 saturated carbocycles. The maximum absolute atomic E-state index is 11.9. The Bertz CT molecular complexity index is 410. The van der Waals surface area contributed by atoms with Gasteiger partial charge in [-0.2, -0.15) is 0 Å². The zero-order valence-corrected chi connectivity index (χ0v) is 12.8. The van der Waals surface area contributed by atoms with E-state index in [2.05, 4.69) is 22.4 Å². The fraction of sp³-hybridized carbons (Fsp3) is 0.750. The van der Waals surface area contributed by atoms with Gasteiger partial charge in [-0.15, -0.1) is 10.2 Å². The minimum absolute atomic E-state index is 0.223. The lowest BCUT2D eigenvalue weighted by molar-refractivity contribution is -0.148. The smallest absolute Gasteiger partial charge is 0.325 e. The van der Waals surface area contributed by atoms with Crippen LogP contribution in [0.1, 0.15) is 26.7 Å². The zero-order valence-electron chi connectivity index (χ0n) is 12.0. The molecule has 0 aliphatic carbocycles. The number of methoxy groups -OCH3 is 1. The molecule has 0 saturated heterocycles. The first-order chi connectivity index (χ1) is 9.03. The van der Waals surface area contributed by atoms with Crippen molar-refractivity contribution < 1.29 is 9.53 Å². The van der Waals surface area contributed by atoms with E-state index in [4.69, 9.17) is 4.74 Å². The number of carbonyl (C=O) groups excluding carboxylic acids is 1. The van der Waals surface area contributed by atoms with Crippen LogP contribution in [-0.4, -0.2) is 45.7 Å². The Morgan fingerprint density at radius 2 is 2.37 bits per heavy atom. The highest BCUT2D eigenvalue weighted by atomic mass is 32.2. The van der Waals surface area contributed by atoms with Crippen LogP contribution in [0.4, 0.5) is 0 Å². The van der Waals surface area contributed by atoms with E-state index >= 15 is 0 Å². The Balaban J connectivity index is 2.53. The second-order valence-corrected chi connectivity index (χ2v) is 5.64. The highest BCUT2D eigenvalue weighted by molar-refractivity contribution is 7.99. The molecular formula is C12H22N4O2S. The number of esters is 1. The van der Waals surface area contributed by atoms with Crippen LogP contribution in [0.3, 0.4) is 0 Å².